The summed E-state index contributed by atoms with van der Waals surface area (Å²) in [6.45, 7) is 5.95. The summed E-state index contributed by atoms with van der Waals surface area (Å²) in [6.07, 6.45) is 1.05. The van der Waals surface area contributed by atoms with E-state index in [1.54, 1.807) is 24.3 Å². The van der Waals surface area contributed by atoms with Gasteiger partial charge >= 0.3 is 5.97 Å². The molecule has 0 saturated heterocycles. The minimum absolute atomic E-state index is 0.196. The Labute approximate surface area is 137 Å². The molecule has 0 heterocycles. The average Bonchev–Trinajstić information content (AvgIpc) is 2.58. The summed E-state index contributed by atoms with van der Waals surface area (Å²) >= 11 is 0. The zero-order valence-electron chi connectivity index (χ0n) is 13.8. The van der Waals surface area contributed by atoms with Crippen molar-refractivity contribution in [1.82, 2.24) is 0 Å². The fourth-order valence-electron chi connectivity index (χ4n) is 2.30. The van der Waals surface area contributed by atoms with Crippen molar-refractivity contribution in [2.75, 3.05) is 6.61 Å². The number of rotatable bonds is 6. The predicted molar refractivity (Wildman–Crippen MR) is 90.9 cm³/mol. The van der Waals surface area contributed by atoms with E-state index in [4.69, 9.17) is 4.74 Å². The second-order valence-electron chi connectivity index (χ2n) is 5.80. The second-order valence-corrected chi connectivity index (χ2v) is 5.80. The normalized spacial score (nSPS) is 11.8. The first-order chi connectivity index (χ1) is 11.0. The lowest BCUT2D eigenvalue weighted by Gasteiger charge is -2.09. The molecule has 0 N–H and O–H groups in total. The Kier molecular flexibility index (Phi) is 5.69. The minimum atomic E-state index is -0.471. The molecule has 0 radical (unpaired) electrons. The number of aryl methyl sites for hydroxylation is 1. The van der Waals surface area contributed by atoms with Crippen LogP contribution in [0.4, 0.5) is 0 Å². The molecule has 3 nitrogen and oxygen atoms in total. The van der Waals surface area contributed by atoms with Crippen LogP contribution >= 0.6 is 0 Å². The number of ether oxygens (including phenoxy) is 1. The molecule has 0 fully saturated rings. The third-order valence-corrected chi connectivity index (χ3v) is 4.00. The van der Waals surface area contributed by atoms with E-state index in [1.165, 1.54) is 5.56 Å². The number of hydrogen-bond donors (Lipinski definition) is 0. The zero-order valence-corrected chi connectivity index (χ0v) is 13.8. The first-order valence-electron chi connectivity index (χ1n) is 7.88. The minimum Gasteiger partial charge on any atom is -0.454 e. The molecule has 0 aliphatic rings. The Morgan fingerprint density at radius 1 is 1.04 bits per heavy atom. The van der Waals surface area contributed by atoms with Crippen molar-refractivity contribution in [2.45, 2.75) is 33.1 Å². The summed E-state index contributed by atoms with van der Waals surface area (Å²) in [5, 5.41) is 0. The molecule has 3 heteroatoms. The topological polar surface area (TPSA) is 43.4 Å². The zero-order chi connectivity index (χ0) is 16.8. The number of benzene rings is 2. The molecule has 0 spiro atoms. The predicted octanol–water partition coefficient (Wildman–Crippen LogP) is 4.55. The maximum atomic E-state index is 12.0. The van der Waals surface area contributed by atoms with Crippen LogP contribution in [-0.4, -0.2) is 18.4 Å². The van der Waals surface area contributed by atoms with Crippen LogP contribution in [0, 0.1) is 6.92 Å². The molecule has 120 valence electrons. The van der Waals surface area contributed by atoms with Gasteiger partial charge in [0.2, 0.25) is 0 Å². The van der Waals surface area contributed by atoms with Gasteiger partial charge in [0.1, 0.15) is 0 Å². The first kappa shape index (κ1) is 16.9. The fraction of sp³-hybridized carbons (Fsp3) is 0.300. The monoisotopic (exact) mass is 310 g/mol. The van der Waals surface area contributed by atoms with Gasteiger partial charge in [-0.1, -0.05) is 49.7 Å². The highest BCUT2D eigenvalue weighted by Gasteiger charge is 2.12. The summed E-state index contributed by atoms with van der Waals surface area (Å²) in [7, 11) is 0. The number of Topliss-reactive ketones (excluding diaryl/α,β-unsaturated/α-hetero) is 1. The molecular weight excluding hydrogens is 288 g/mol. The van der Waals surface area contributed by atoms with E-state index in [0.717, 1.165) is 12.0 Å². The number of ketones is 1. The van der Waals surface area contributed by atoms with Crippen LogP contribution in [0.2, 0.25) is 0 Å². The number of carbonyl (C=O) groups is 2. The highest BCUT2D eigenvalue weighted by atomic mass is 16.5. The van der Waals surface area contributed by atoms with Crippen molar-refractivity contribution in [3.05, 3.63) is 70.8 Å². The van der Waals surface area contributed by atoms with E-state index in [1.807, 2.05) is 31.2 Å². The van der Waals surface area contributed by atoms with Crippen molar-refractivity contribution < 1.29 is 14.3 Å². The van der Waals surface area contributed by atoms with Crippen molar-refractivity contribution in [3.8, 4) is 0 Å². The largest absolute Gasteiger partial charge is 0.454 e. The molecule has 2 aromatic carbocycles. The molecule has 0 aliphatic heterocycles. The molecule has 23 heavy (non-hydrogen) atoms. The van der Waals surface area contributed by atoms with E-state index in [9.17, 15) is 9.59 Å². The Morgan fingerprint density at radius 2 is 1.74 bits per heavy atom. The van der Waals surface area contributed by atoms with Crippen molar-refractivity contribution in [3.63, 3.8) is 0 Å². The summed E-state index contributed by atoms with van der Waals surface area (Å²) in [5.41, 5.74) is 3.22. The van der Waals surface area contributed by atoms with Gasteiger partial charge in [-0.2, -0.15) is 0 Å². The summed E-state index contributed by atoms with van der Waals surface area (Å²) in [4.78, 5) is 24.1. The molecule has 0 amide bonds. The number of hydrogen-bond acceptors (Lipinski definition) is 3. The smallest absolute Gasteiger partial charge is 0.338 e. The molecule has 2 rings (SSSR count). The van der Waals surface area contributed by atoms with E-state index in [2.05, 4.69) is 13.8 Å². The molecule has 1 unspecified atom stereocenters. The highest BCUT2D eigenvalue weighted by molar-refractivity contribution is 5.99. The van der Waals surface area contributed by atoms with Gasteiger partial charge in [-0.25, -0.2) is 4.79 Å². The maximum Gasteiger partial charge on any atom is 0.338 e. The molecule has 0 aromatic heterocycles. The third-order valence-electron chi connectivity index (χ3n) is 4.00. The lowest BCUT2D eigenvalue weighted by molar-refractivity contribution is 0.0474. The van der Waals surface area contributed by atoms with Crippen LogP contribution in [-0.2, 0) is 4.74 Å². The van der Waals surface area contributed by atoms with E-state index >= 15 is 0 Å². The van der Waals surface area contributed by atoms with Gasteiger partial charge in [0.15, 0.2) is 12.4 Å². The average molecular weight is 310 g/mol. The summed E-state index contributed by atoms with van der Waals surface area (Å²) in [6, 6.07) is 14.6. The summed E-state index contributed by atoms with van der Waals surface area (Å²) in [5.74, 6) is -0.206. The quantitative estimate of drug-likeness (QED) is 0.581. The molecule has 0 aliphatic carbocycles. The maximum absolute atomic E-state index is 12.0. The van der Waals surface area contributed by atoms with Crippen LogP contribution in [0.1, 0.15) is 58.0 Å². The van der Waals surface area contributed by atoms with Crippen LogP contribution < -0.4 is 0 Å². The third kappa shape index (κ3) is 4.52. The van der Waals surface area contributed by atoms with Gasteiger partial charge in [-0.05, 0) is 43.0 Å². The van der Waals surface area contributed by atoms with Crippen molar-refractivity contribution >= 4 is 11.8 Å². The fourth-order valence-corrected chi connectivity index (χ4v) is 2.30. The lowest BCUT2D eigenvalue weighted by atomic mass is 9.98. The van der Waals surface area contributed by atoms with E-state index in [-0.39, 0.29) is 12.4 Å². The lowest BCUT2D eigenvalue weighted by Crippen LogP contribution is -2.14. The van der Waals surface area contributed by atoms with Gasteiger partial charge < -0.3 is 4.74 Å². The molecule has 0 saturated carbocycles. The van der Waals surface area contributed by atoms with E-state index in [0.29, 0.717) is 17.0 Å². The SMILES string of the molecule is CCC(C)c1ccc(C(=O)OCC(=O)c2cccc(C)c2)cc1. The highest BCUT2D eigenvalue weighted by Crippen LogP contribution is 2.19. The summed E-state index contributed by atoms with van der Waals surface area (Å²) < 4.78 is 5.12. The van der Waals surface area contributed by atoms with Gasteiger partial charge in [-0.15, -0.1) is 0 Å². The van der Waals surface area contributed by atoms with Crippen LogP contribution in [0.3, 0.4) is 0 Å². The van der Waals surface area contributed by atoms with Gasteiger partial charge in [0.25, 0.3) is 0 Å². The standard InChI is InChI=1S/C20H22O3/c1-4-15(3)16-8-10-17(11-9-16)20(22)23-13-19(21)18-7-5-6-14(2)12-18/h5-12,15H,4,13H2,1-3H3. The van der Waals surface area contributed by atoms with Gasteiger partial charge in [0.05, 0.1) is 5.56 Å². The van der Waals surface area contributed by atoms with Crippen LogP contribution in [0.5, 0.6) is 0 Å². The van der Waals surface area contributed by atoms with Crippen LogP contribution in [0.25, 0.3) is 0 Å². The van der Waals surface area contributed by atoms with Gasteiger partial charge in [-0.3, -0.25) is 4.79 Å². The van der Waals surface area contributed by atoms with Crippen molar-refractivity contribution in [1.29, 1.82) is 0 Å². The second kappa shape index (κ2) is 7.73. The molecule has 0 bridgehead atoms. The van der Waals surface area contributed by atoms with Gasteiger partial charge in [0, 0.05) is 5.56 Å². The van der Waals surface area contributed by atoms with Crippen molar-refractivity contribution in [2.24, 2.45) is 0 Å². The number of esters is 1. The molecular formula is C20H22O3. The molecule has 1 atom stereocenters. The Bertz CT molecular complexity index is 686. The Hall–Kier alpha value is -2.42. The Morgan fingerprint density at radius 3 is 2.35 bits per heavy atom. The van der Waals surface area contributed by atoms with E-state index < -0.39 is 5.97 Å². The first-order valence-corrected chi connectivity index (χ1v) is 7.88. The van der Waals surface area contributed by atoms with Crippen LogP contribution in [0.15, 0.2) is 48.5 Å². The Balaban J connectivity index is 1.95. The number of carbonyl (C=O) groups excluding carboxylic acids is 2. The molecule has 2 aromatic rings.